The third-order valence-electron chi connectivity index (χ3n) is 6.22. The maximum absolute atomic E-state index is 13.3. The van der Waals surface area contributed by atoms with Crippen molar-refractivity contribution in [1.82, 2.24) is 0 Å². The van der Waals surface area contributed by atoms with Gasteiger partial charge in [0.2, 0.25) is 0 Å². The second-order valence-corrected chi connectivity index (χ2v) is 7.99. The average molecular weight is 408 g/mol. The van der Waals surface area contributed by atoms with Gasteiger partial charge in [-0.05, 0) is 54.7 Å². The van der Waals surface area contributed by atoms with Crippen molar-refractivity contribution in [3.05, 3.63) is 59.2 Å². The Morgan fingerprint density at radius 3 is 2.50 bits per heavy atom. The van der Waals surface area contributed by atoms with Gasteiger partial charge >= 0.3 is 5.97 Å². The van der Waals surface area contributed by atoms with Gasteiger partial charge in [-0.2, -0.15) is 0 Å². The summed E-state index contributed by atoms with van der Waals surface area (Å²) >= 11 is 0. The molecular formula is C24H24O6. The third kappa shape index (κ3) is 3.58. The van der Waals surface area contributed by atoms with Gasteiger partial charge in [-0.3, -0.25) is 14.4 Å². The zero-order valence-electron chi connectivity index (χ0n) is 17.1. The number of ketones is 2. The van der Waals surface area contributed by atoms with Crippen LogP contribution in [0.25, 0.3) is 0 Å². The van der Waals surface area contributed by atoms with E-state index in [4.69, 9.17) is 14.2 Å². The SMILES string of the molecule is COC(=O)C1CC2(CCC1=O)Cc1ccc(OCc3ccc(OC)cc3)cc1C2=O. The average Bonchev–Trinajstić information content (AvgIpc) is 3.04. The number of ether oxygens (including phenoxy) is 3. The quantitative estimate of drug-likeness (QED) is 0.556. The molecule has 1 saturated carbocycles. The van der Waals surface area contributed by atoms with E-state index in [1.807, 2.05) is 36.4 Å². The molecule has 6 heteroatoms. The number of rotatable bonds is 5. The monoisotopic (exact) mass is 408 g/mol. The predicted molar refractivity (Wildman–Crippen MR) is 109 cm³/mol. The first-order valence-corrected chi connectivity index (χ1v) is 10.00. The lowest BCUT2D eigenvalue weighted by atomic mass is 9.67. The number of fused-ring (bicyclic) bond motifs is 1. The number of methoxy groups -OCH3 is 2. The first-order chi connectivity index (χ1) is 14.5. The summed E-state index contributed by atoms with van der Waals surface area (Å²) in [6.45, 7) is 0.376. The van der Waals surface area contributed by atoms with E-state index in [0.717, 1.165) is 16.9 Å². The summed E-state index contributed by atoms with van der Waals surface area (Å²) in [4.78, 5) is 37.5. The lowest BCUT2D eigenvalue weighted by Crippen LogP contribution is -2.41. The van der Waals surface area contributed by atoms with Gasteiger partial charge in [-0.1, -0.05) is 18.2 Å². The van der Waals surface area contributed by atoms with Gasteiger partial charge in [-0.25, -0.2) is 0 Å². The molecule has 0 N–H and O–H groups in total. The fraction of sp³-hybridized carbons (Fsp3) is 0.375. The Hall–Kier alpha value is -3.15. The molecule has 1 fully saturated rings. The van der Waals surface area contributed by atoms with E-state index in [0.29, 0.717) is 30.8 Å². The third-order valence-corrected chi connectivity index (χ3v) is 6.22. The van der Waals surface area contributed by atoms with Crippen molar-refractivity contribution < 1.29 is 28.6 Å². The Balaban J connectivity index is 1.50. The van der Waals surface area contributed by atoms with Crippen molar-refractivity contribution in [3.8, 4) is 11.5 Å². The Bertz CT molecular complexity index is 985. The first-order valence-electron chi connectivity index (χ1n) is 10.00. The molecule has 0 saturated heterocycles. The van der Waals surface area contributed by atoms with E-state index >= 15 is 0 Å². The van der Waals surface area contributed by atoms with E-state index in [1.54, 1.807) is 13.2 Å². The van der Waals surface area contributed by atoms with Gasteiger partial charge in [0.15, 0.2) is 5.78 Å². The van der Waals surface area contributed by atoms with Crippen LogP contribution in [0.15, 0.2) is 42.5 Å². The molecule has 156 valence electrons. The second-order valence-electron chi connectivity index (χ2n) is 7.99. The standard InChI is InChI=1S/C24H24O6/c1-28-17-6-3-15(4-7-17)14-30-18-8-5-16-12-24(22(26)19(16)11-18)10-9-21(25)20(13-24)23(27)29-2/h3-8,11,20H,9-10,12-14H2,1-2H3. The molecular weight excluding hydrogens is 384 g/mol. The molecule has 0 amide bonds. The highest BCUT2D eigenvalue weighted by molar-refractivity contribution is 6.08. The highest BCUT2D eigenvalue weighted by atomic mass is 16.5. The van der Waals surface area contributed by atoms with Crippen LogP contribution in [0.5, 0.6) is 11.5 Å². The van der Waals surface area contributed by atoms with Crippen LogP contribution in [0.2, 0.25) is 0 Å². The van der Waals surface area contributed by atoms with Gasteiger partial charge in [-0.15, -0.1) is 0 Å². The van der Waals surface area contributed by atoms with Crippen LogP contribution in [0.4, 0.5) is 0 Å². The molecule has 30 heavy (non-hydrogen) atoms. The van der Waals surface area contributed by atoms with Crippen LogP contribution in [0, 0.1) is 11.3 Å². The van der Waals surface area contributed by atoms with Gasteiger partial charge in [0, 0.05) is 17.4 Å². The van der Waals surface area contributed by atoms with Crippen molar-refractivity contribution in [1.29, 1.82) is 0 Å². The van der Waals surface area contributed by atoms with Crippen LogP contribution in [0.1, 0.15) is 40.7 Å². The molecule has 0 aliphatic heterocycles. The van der Waals surface area contributed by atoms with Crippen LogP contribution < -0.4 is 9.47 Å². The van der Waals surface area contributed by atoms with Gasteiger partial charge in [0.05, 0.1) is 14.2 Å². The lowest BCUT2D eigenvalue weighted by molar-refractivity contribution is -0.152. The summed E-state index contributed by atoms with van der Waals surface area (Å²) in [5.41, 5.74) is 1.85. The fourth-order valence-electron chi connectivity index (χ4n) is 4.50. The molecule has 4 rings (SSSR count). The summed E-state index contributed by atoms with van der Waals surface area (Å²) in [6.07, 6.45) is 1.45. The maximum atomic E-state index is 13.3. The zero-order valence-corrected chi connectivity index (χ0v) is 17.1. The number of carbonyl (C=O) groups excluding carboxylic acids is 3. The molecule has 1 spiro atoms. The van der Waals surface area contributed by atoms with Crippen LogP contribution in [-0.4, -0.2) is 31.8 Å². The van der Waals surface area contributed by atoms with Gasteiger partial charge in [0.1, 0.15) is 29.8 Å². The molecule has 0 heterocycles. The zero-order chi connectivity index (χ0) is 21.3. The van der Waals surface area contributed by atoms with E-state index in [9.17, 15) is 14.4 Å². The number of Topliss-reactive ketones (excluding diaryl/α,β-unsaturated/α-hetero) is 2. The lowest BCUT2D eigenvalue weighted by Gasteiger charge is -2.34. The Kier molecular flexibility index (Phi) is 5.33. The smallest absolute Gasteiger partial charge is 0.316 e. The Morgan fingerprint density at radius 2 is 1.80 bits per heavy atom. The minimum Gasteiger partial charge on any atom is -0.497 e. The summed E-state index contributed by atoms with van der Waals surface area (Å²) in [6, 6.07) is 13.2. The number of benzene rings is 2. The van der Waals surface area contributed by atoms with E-state index < -0.39 is 17.3 Å². The van der Waals surface area contributed by atoms with E-state index in [2.05, 4.69) is 0 Å². The molecule has 2 aromatic carbocycles. The molecule has 0 aromatic heterocycles. The minimum atomic E-state index is -0.854. The minimum absolute atomic E-state index is 0.00574. The summed E-state index contributed by atoms with van der Waals surface area (Å²) in [5.74, 6) is -0.150. The Morgan fingerprint density at radius 1 is 1.07 bits per heavy atom. The number of hydrogen-bond donors (Lipinski definition) is 0. The highest BCUT2D eigenvalue weighted by Gasteiger charge is 2.52. The van der Waals surface area contributed by atoms with E-state index in [1.165, 1.54) is 7.11 Å². The fourth-order valence-corrected chi connectivity index (χ4v) is 4.50. The second kappa shape index (κ2) is 7.94. The highest BCUT2D eigenvalue weighted by Crippen LogP contribution is 2.48. The van der Waals surface area contributed by atoms with E-state index in [-0.39, 0.29) is 24.4 Å². The molecule has 6 nitrogen and oxygen atoms in total. The molecule has 0 radical (unpaired) electrons. The van der Waals surface area contributed by atoms with Crippen LogP contribution >= 0.6 is 0 Å². The normalized spacial score (nSPS) is 22.7. The topological polar surface area (TPSA) is 78.9 Å². The first kappa shape index (κ1) is 20.1. The predicted octanol–water partition coefficient (Wildman–Crippen LogP) is 3.54. The number of carbonyl (C=O) groups is 3. The molecule has 2 atom stereocenters. The van der Waals surface area contributed by atoms with Crippen LogP contribution in [0.3, 0.4) is 0 Å². The molecule has 2 aliphatic carbocycles. The van der Waals surface area contributed by atoms with Crippen molar-refractivity contribution in [2.45, 2.75) is 32.3 Å². The largest absolute Gasteiger partial charge is 0.497 e. The summed E-state index contributed by atoms with van der Waals surface area (Å²) in [7, 11) is 2.89. The molecule has 0 bridgehead atoms. The summed E-state index contributed by atoms with van der Waals surface area (Å²) < 4.78 is 15.8. The van der Waals surface area contributed by atoms with Crippen molar-refractivity contribution in [2.75, 3.05) is 14.2 Å². The molecule has 2 aromatic rings. The summed E-state index contributed by atoms with van der Waals surface area (Å²) in [5, 5.41) is 0. The van der Waals surface area contributed by atoms with Gasteiger partial charge < -0.3 is 14.2 Å². The Labute approximate surface area is 175 Å². The maximum Gasteiger partial charge on any atom is 0.316 e. The van der Waals surface area contributed by atoms with Crippen LogP contribution in [-0.2, 0) is 27.4 Å². The van der Waals surface area contributed by atoms with Crippen molar-refractivity contribution >= 4 is 17.5 Å². The van der Waals surface area contributed by atoms with Crippen molar-refractivity contribution in [3.63, 3.8) is 0 Å². The molecule has 2 aliphatic rings. The number of esters is 1. The van der Waals surface area contributed by atoms with Crippen molar-refractivity contribution in [2.24, 2.45) is 11.3 Å². The van der Waals surface area contributed by atoms with Gasteiger partial charge in [0.25, 0.3) is 0 Å². The molecule has 2 unspecified atom stereocenters. The number of hydrogen-bond acceptors (Lipinski definition) is 6.